The average Bonchev–Trinajstić information content (AvgIpc) is 2.94. The molecule has 0 aromatic carbocycles. The number of amides is 2. The number of rotatable bonds is 3. The fraction of sp³-hybridized carbons (Fsp3) is 0.526. The van der Waals surface area contributed by atoms with Crippen LogP contribution < -0.4 is 10.6 Å². The molecule has 2 heterocycles. The lowest BCUT2D eigenvalue weighted by atomic mass is 9.95. The summed E-state index contributed by atoms with van der Waals surface area (Å²) in [5, 5.41) is 5.99. The fourth-order valence-corrected chi connectivity index (χ4v) is 3.26. The highest BCUT2D eigenvalue weighted by Gasteiger charge is 2.25. The zero-order valence-corrected chi connectivity index (χ0v) is 15.1. The minimum Gasteiger partial charge on any atom is -0.348 e. The second kappa shape index (κ2) is 6.86. The molecule has 0 saturated heterocycles. The van der Waals surface area contributed by atoms with Crippen LogP contribution in [0.25, 0.3) is 5.52 Å². The molecule has 2 amide bonds. The van der Waals surface area contributed by atoms with Crippen molar-refractivity contribution in [3.63, 3.8) is 0 Å². The van der Waals surface area contributed by atoms with E-state index in [9.17, 15) is 9.59 Å². The molecule has 0 aliphatic heterocycles. The van der Waals surface area contributed by atoms with Crippen LogP contribution in [0, 0.1) is 0 Å². The summed E-state index contributed by atoms with van der Waals surface area (Å²) in [6.45, 7) is 5.74. The van der Waals surface area contributed by atoms with Gasteiger partial charge in [-0.1, -0.05) is 25.3 Å². The van der Waals surface area contributed by atoms with Crippen molar-refractivity contribution in [2.75, 3.05) is 0 Å². The van der Waals surface area contributed by atoms with Crippen LogP contribution in [-0.4, -0.2) is 32.8 Å². The Labute approximate surface area is 148 Å². The van der Waals surface area contributed by atoms with Crippen LogP contribution in [-0.2, 0) is 0 Å². The Morgan fingerprint density at radius 1 is 1.12 bits per heavy atom. The Bertz CT molecular complexity index is 782. The molecule has 2 N–H and O–H groups in total. The highest BCUT2D eigenvalue weighted by molar-refractivity contribution is 6.02. The van der Waals surface area contributed by atoms with Crippen molar-refractivity contribution < 1.29 is 9.59 Å². The number of carbonyl (C=O) groups excluding carboxylic acids is 2. The van der Waals surface area contributed by atoms with Gasteiger partial charge in [-0.05, 0) is 45.7 Å². The molecule has 6 nitrogen and oxygen atoms in total. The van der Waals surface area contributed by atoms with E-state index in [1.165, 1.54) is 6.42 Å². The van der Waals surface area contributed by atoms with Crippen LogP contribution in [0.4, 0.5) is 0 Å². The normalized spacial score (nSPS) is 16.0. The van der Waals surface area contributed by atoms with Crippen molar-refractivity contribution in [1.82, 2.24) is 20.0 Å². The van der Waals surface area contributed by atoms with Crippen molar-refractivity contribution in [2.45, 2.75) is 64.5 Å². The standard InChI is InChI=1S/C19H26N4O2/c1-19(2,3)22-18(25)16-21-15(14-11-7-8-12-23(14)16)17(24)20-13-9-5-4-6-10-13/h7-8,11-13H,4-6,9-10H2,1-3H3,(H,20,24)(H,22,25). The number of aromatic nitrogens is 2. The maximum atomic E-state index is 12.7. The Morgan fingerprint density at radius 3 is 2.52 bits per heavy atom. The van der Waals surface area contributed by atoms with E-state index in [1.54, 1.807) is 10.6 Å². The molecule has 1 fully saturated rings. The Balaban J connectivity index is 1.90. The third-order valence-corrected chi connectivity index (χ3v) is 4.40. The first-order valence-electron chi connectivity index (χ1n) is 8.95. The van der Waals surface area contributed by atoms with Crippen LogP contribution in [0.5, 0.6) is 0 Å². The zero-order chi connectivity index (χ0) is 18.0. The molecule has 0 bridgehead atoms. The van der Waals surface area contributed by atoms with Gasteiger partial charge in [-0.2, -0.15) is 0 Å². The molecule has 25 heavy (non-hydrogen) atoms. The summed E-state index contributed by atoms with van der Waals surface area (Å²) < 4.78 is 1.68. The number of hydrogen-bond donors (Lipinski definition) is 2. The molecule has 0 spiro atoms. The molecular formula is C19H26N4O2. The van der Waals surface area contributed by atoms with E-state index in [4.69, 9.17) is 0 Å². The number of hydrogen-bond acceptors (Lipinski definition) is 3. The largest absolute Gasteiger partial charge is 0.348 e. The van der Waals surface area contributed by atoms with Gasteiger partial charge in [-0.3, -0.25) is 14.0 Å². The Morgan fingerprint density at radius 2 is 1.84 bits per heavy atom. The van der Waals surface area contributed by atoms with E-state index in [-0.39, 0.29) is 29.2 Å². The summed E-state index contributed by atoms with van der Waals surface area (Å²) in [6.07, 6.45) is 7.31. The second-order valence-corrected chi connectivity index (χ2v) is 7.75. The van der Waals surface area contributed by atoms with E-state index in [0.29, 0.717) is 11.2 Å². The SMILES string of the molecule is CC(C)(C)NC(=O)c1nc(C(=O)NC2CCCCC2)c2ccccn12. The van der Waals surface area contributed by atoms with Gasteiger partial charge in [0.25, 0.3) is 11.8 Å². The molecule has 0 unspecified atom stereocenters. The monoisotopic (exact) mass is 342 g/mol. The highest BCUT2D eigenvalue weighted by atomic mass is 16.2. The van der Waals surface area contributed by atoms with Crippen molar-refractivity contribution in [3.8, 4) is 0 Å². The van der Waals surface area contributed by atoms with Gasteiger partial charge >= 0.3 is 0 Å². The third kappa shape index (κ3) is 4.00. The van der Waals surface area contributed by atoms with Gasteiger partial charge in [-0.25, -0.2) is 4.98 Å². The van der Waals surface area contributed by atoms with Crippen LogP contribution in [0.15, 0.2) is 24.4 Å². The van der Waals surface area contributed by atoms with Crippen LogP contribution >= 0.6 is 0 Å². The summed E-state index contributed by atoms with van der Waals surface area (Å²) in [7, 11) is 0. The molecule has 3 rings (SSSR count). The summed E-state index contributed by atoms with van der Waals surface area (Å²) >= 11 is 0. The number of pyridine rings is 1. The van der Waals surface area contributed by atoms with Crippen molar-refractivity contribution in [3.05, 3.63) is 35.9 Å². The maximum absolute atomic E-state index is 12.7. The molecule has 2 aromatic heterocycles. The van der Waals surface area contributed by atoms with E-state index in [1.807, 2.05) is 39.0 Å². The van der Waals surface area contributed by atoms with Crippen LogP contribution in [0.2, 0.25) is 0 Å². The van der Waals surface area contributed by atoms with Crippen molar-refractivity contribution in [1.29, 1.82) is 0 Å². The lowest BCUT2D eigenvalue weighted by Crippen LogP contribution is -2.41. The van der Waals surface area contributed by atoms with Gasteiger partial charge in [0, 0.05) is 17.8 Å². The summed E-state index contributed by atoms with van der Waals surface area (Å²) in [6, 6.07) is 5.69. The number of carbonyl (C=O) groups is 2. The highest BCUT2D eigenvalue weighted by Crippen LogP contribution is 2.19. The fourth-order valence-electron chi connectivity index (χ4n) is 3.26. The molecular weight excluding hydrogens is 316 g/mol. The molecule has 1 saturated carbocycles. The van der Waals surface area contributed by atoms with Gasteiger partial charge in [0.15, 0.2) is 5.69 Å². The molecule has 134 valence electrons. The molecule has 0 radical (unpaired) electrons. The smallest absolute Gasteiger partial charge is 0.288 e. The first-order chi connectivity index (χ1) is 11.8. The minimum absolute atomic E-state index is 0.202. The van der Waals surface area contributed by atoms with Gasteiger partial charge < -0.3 is 10.6 Å². The second-order valence-electron chi connectivity index (χ2n) is 7.75. The van der Waals surface area contributed by atoms with Gasteiger partial charge in [-0.15, -0.1) is 0 Å². The van der Waals surface area contributed by atoms with Crippen molar-refractivity contribution in [2.24, 2.45) is 0 Å². The van der Waals surface area contributed by atoms with E-state index < -0.39 is 0 Å². The quantitative estimate of drug-likeness (QED) is 0.900. The molecule has 6 heteroatoms. The molecule has 1 aliphatic carbocycles. The third-order valence-electron chi connectivity index (χ3n) is 4.40. The lowest BCUT2D eigenvalue weighted by molar-refractivity contribution is 0.0908. The lowest BCUT2D eigenvalue weighted by Gasteiger charge is -2.22. The Kier molecular flexibility index (Phi) is 4.79. The van der Waals surface area contributed by atoms with E-state index in [0.717, 1.165) is 25.7 Å². The number of fused-ring (bicyclic) bond motifs is 1. The van der Waals surface area contributed by atoms with E-state index >= 15 is 0 Å². The van der Waals surface area contributed by atoms with Gasteiger partial charge in [0.2, 0.25) is 5.82 Å². The zero-order valence-electron chi connectivity index (χ0n) is 15.1. The molecule has 0 atom stereocenters. The first kappa shape index (κ1) is 17.5. The van der Waals surface area contributed by atoms with Gasteiger partial charge in [0.1, 0.15) is 0 Å². The summed E-state index contributed by atoms with van der Waals surface area (Å²) in [5.41, 5.74) is 0.586. The first-order valence-corrected chi connectivity index (χ1v) is 8.95. The summed E-state index contributed by atoms with van der Waals surface area (Å²) in [4.78, 5) is 29.7. The number of imidazole rings is 1. The Hall–Kier alpha value is -2.37. The molecule has 1 aliphatic rings. The van der Waals surface area contributed by atoms with Crippen LogP contribution in [0.1, 0.15) is 74.0 Å². The topological polar surface area (TPSA) is 75.5 Å². The summed E-state index contributed by atoms with van der Waals surface area (Å²) in [5.74, 6) is -0.254. The van der Waals surface area contributed by atoms with E-state index in [2.05, 4.69) is 15.6 Å². The predicted octanol–water partition coefficient (Wildman–Crippen LogP) is 2.93. The number of nitrogens with zero attached hydrogens (tertiary/aromatic N) is 2. The predicted molar refractivity (Wildman–Crippen MR) is 96.8 cm³/mol. The minimum atomic E-state index is -0.373. The average molecular weight is 342 g/mol. The van der Waals surface area contributed by atoms with Gasteiger partial charge in [0.05, 0.1) is 5.52 Å². The maximum Gasteiger partial charge on any atom is 0.288 e. The number of nitrogens with one attached hydrogen (secondary N) is 2. The van der Waals surface area contributed by atoms with Crippen molar-refractivity contribution >= 4 is 17.3 Å². The molecule has 2 aromatic rings. The van der Waals surface area contributed by atoms with Crippen LogP contribution in [0.3, 0.4) is 0 Å².